The molecule has 1 aliphatic heterocycles. The Bertz CT molecular complexity index is 612. The molecule has 1 heterocycles. The highest BCUT2D eigenvalue weighted by molar-refractivity contribution is 7.99. The normalized spacial score (nSPS) is 17.8. The van der Waals surface area contributed by atoms with E-state index in [-0.39, 0.29) is 6.10 Å². The Morgan fingerprint density at radius 3 is 2.95 bits per heavy atom. The van der Waals surface area contributed by atoms with E-state index in [4.69, 9.17) is 10.5 Å². The second-order valence-corrected chi connectivity index (χ2v) is 6.23. The van der Waals surface area contributed by atoms with Crippen molar-refractivity contribution in [3.63, 3.8) is 0 Å². The van der Waals surface area contributed by atoms with E-state index in [0.29, 0.717) is 0 Å². The van der Waals surface area contributed by atoms with E-state index in [0.717, 1.165) is 30.0 Å². The zero-order valence-corrected chi connectivity index (χ0v) is 12.5. The monoisotopic (exact) mass is 285 g/mol. The number of anilines is 1. The molecule has 2 nitrogen and oxygen atoms in total. The van der Waals surface area contributed by atoms with Gasteiger partial charge in [0, 0.05) is 16.3 Å². The van der Waals surface area contributed by atoms with Crippen molar-refractivity contribution < 1.29 is 4.74 Å². The van der Waals surface area contributed by atoms with Crippen molar-refractivity contribution in [1.82, 2.24) is 0 Å². The van der Waals surface area contributed by atoms with Gasteiger partial charge in [-0.25, -0.2) is 0 Å². The van der Waals surface area contributed by atoms with Gasteiger partial charge in [-0.2, -0.15) is 0 Å². The predicted molar refractivity (Wildman–Crippen MR) is 85.2 cm³/mol. The lowest BCUT2D eigenvalue weighted by molar-refractivity contribution is 0.0588. The molecule has 0 fully saturated rings. The highest BCUT2D eigenvalue weighted by atomic mass is 32.2. The van der Waals surface area contributed by atoms with Gasteiger partial charge in [-0.3, -0.25) is 0 Å². The van der Waals surface area contributed by atoms with Gasteiger partial charge >= 0.3 is 0 Å². The summed E-state index contributed by atoms with van der Waals surface area (Å²) in [5.41, 5.74) is 10.6. The fourth-order valence-electron chi connectivity index (χ4n) is 2.52. The van der Waals surface area contributed by atoms with Crippen molar-refractivity contribution in [2.24, 2.45) is 0 Å². The number of ether oxygens (including phenoxy) is 1. The van der Waals surface area contributed by atoms with Crippen LogP contribution >= 0.6 is 11.8 Å². The number of nitrogens with two attached hydrogens (primary N) is 1. The minimum Gasteiger partial charge on any atom is -0.399 e. The highest BCUT2D eigenvalue weighted by Gasteiger charge is 2.20. The summed E-state index contributed by atoms with van der Waals surface area (Å²) in [6.07, 6.45) is 1.22. The summed E-state index contributed by atoms with van der Waals surface area (Å²) in [5, 5.41) is 0. The molecule has 1 atom stereocenters. The van der Waals surface area contributed by atoms with E-state index in [1.54, 1.807) is 0 Å². The highest BCUT2D eigenvalue weighted by Crippen LogP contribution is 2.33. The van der Waals surface area contributed by atoms with Crippen LogP contribution in [0.5, 0.6) is 0 Å². The fourth-order valence-corrected chi connectivity index (χ4v) is 3.57. The summed E-state index contributed by atoms with van der Waals surface area (Å²) in [6, 6.07) is 14.8. The molecule has 2 aromatic carbocycles. The summed E-state index contributed by atoms with van der Waals surface area (Å²) < 4.78 is 5.93. The van der Waals surface area contributed by atoms with E-state index in [9.17, 15) is 0 Å². The lowest BCUT2D eigenvalue weighted by Gasteiger charge is -2.25. The number of hydrogen-bond acceptors (Lipinski definition) is 3. The van der Waals surface area contributed by atoms with E-state index in [1.165, 1.54) is 16.0 Å². The third-order valence-corrected chi connectivity index (χ3v) is 4.79. The smallest absolute Gasteiger partial charge is 0.0921 e. The lowest BCUT2D eigenvalue weighted by atomic mass is 9.99. The zero-order chi connectivity index (χ0) is 13.9. The maximum Gasteiger partial charge on any atom is 0.0921 e. The summed E-state index contributed by atoms with van der Waals surface area (Å²) >= 11 is 1.83. The van der Waals surface area contributed by atoms with Gasteiger partial charge in [0.25, 0.3) is 0 Å². The van der Waals surface area contributed by atoms with Gasteiger partial charge in [-0.1, -0.05) is 24.3 Å². The Hall–Kier alpha value is -1.45. The standard InChI is InChI=1S/C17H19NOS/c1-12-10-14(6-7-16(12)18)20-11-17-15-5-3-2-4-13(15)8-9-19-17/h2-7,10,17H,8-9,11,18H2,1H3. The van der Waals surface area contributed by atoms with Crippen molar-refractivity contribution in [3.05, 3.63) is 59.2 Å². The van der Waals surface area contributed by atoms with Crippen LogP contribution in [0.4, 0.5) is 5.69 Å². The third-order valence-electron chi connectivity index (χ3n) is 3.74. The number of aryl methyl sites for hydroxylation is 1. The van der Waals surface area contributed by atoms with E-state index in [2.05, 4.69) is 36.4 Å². The molecular weight excluding hydrogens is 266 g/mol. The minimum absolute atomic E-state index is 0.197. The zero-order valence-electron chi connectivity index (χ0n) is 11.6. The van der Waals surface area contributed by atoms with Crippen molar-refractivity contribution >= 4 is 17.4 Å². The molecule has 1 unspecified atom stereocenters. The molecule has 3 heteroatoms. The number of benzene rings is 2. The minimum atomic E-state index is 0.197. The molecule has 0 saturated heterocycles. The largest absolute Gasteiger partial charge is 0.399 e. The molecule has 0 aliphatic carbocycles. The van der Waals surface area contributed by atoms with E-state index >= 15 is 0 Å². The number of hydrogen-bond donors (Lipinski definition) is 1. The quantitative estimate of drug-likeness (QED) is 0.684. The first-order valence-corrected chi connectivity index (χ1v) is 7.91. The van der Waals surface area contributed by atoms with Crippen molar-refractivity contribution in [2.45, 2.75) is 24.3 Å². The van der Waals surface area contributed by atoms with Crippen LogP contribution in [0.3, 0.4) is 0 Å². The molecule has 0 amide bonds. The molecule has 0 saturated carbocycles. The molecule has 0 aromatic heterocycles. The SMILES string of the molecule is Cc1cc(SCC2OCCc3ccccc32)ccc1N. The van der Waals surface area contributed by atoms with Crippen LogP contribution in [-0.2, 0) is 11.2 Å². The average Bonchev–Trinajstić information content (AvgIpc) is 2.48. The molecular formula is C17H19NOS. The second kappa shape index (κ2) is 5.90. The number of nitrogen functional groups attached to an aromatic ring is 1. The maximum absolute atomic E-state index is 5.93. The fraction of sp³-hybridized carbons (Fsp3) is 0.294. The van der Waals surface area contributed by atoms with Gasteiger partial charge < -0.3 is 10.5 Å². The molecule has 0 bridgehead atoms. The Balaban J connectivity index is 1.71. The second-order valence-electron chi connectivity index (χ2n) is 5.14. The number of fused-ring (bicyclic) bond motifs is 1. The predicted octanol–water partition coefficient (Wildman–Crippen LogP) is 3.98. The summed E-state index contributed by atoms with van der Waals surface area (Å²) in [6.45, 7) is 2.87. The third kappa shape index (κ3) is 2.84. The van der Waals surface area contributed by atoms with Crippen LogP contribution in [0.15, 0.2) is 47.4 Å². The number of thioether (sulfide) groups is 1. The average molecular weight is 285 g/mol. The molecule has 3 rings (SSSR count). The summed E-state index contributed by atoms with van der Waals surface area (Å²) in [4.78, 5) is 1.25. The lowest BCUT2D eigenvalue weighted by Crippen LogP contribution is -2.17. The topological polar surface area (TPSA) is 35.2 Å². The molecule has 0 spiro atoms. The first-order valence-electron chi connectivity index (χ1n) is 6.92. The van der Waals surface area contributed by atoms with Gasteiger partial charge in [0.1, 0.15) is 0 Å². The first kappa shape index (κ1) is 13.5. The first-order chi connectivity index (χ1) is 9.74. The Morgan fingerprint density at radius 1 is 1.25 bits per heavy atom. The van der Waals surface area contributed by atoms with Gasteiger partial charge in [-0.05, 0) is 48.2 Å². The molecule has 2 aromatic rings. The van der Waals surface area contributed by atoms with Crippen LogP contribution in [-0.4, -0.2) is 12.4 Å². The van der Waals surface area contributed by atoms with Crippen LogP contribution in [0.25, 0.3) is 0 Å². The molecule has 2 N–H and O–H groups in total. The Morgan fingerprint density at radius 2 is 2.10 bits per heavy atom. The van der Waals surface area contributed by atoms with Crippen molar-refractivity contribution in [2.75, 3.05) is 18.1 Å². The van der Waals surface area contributed by atoms with Gasteiger partial charge in [0.2, 0.25) is 0 Å². The molecule has 0 radical (unpaired) electrons. The van der Waals surface area contributed by atoms with E-state index < -0.39 is 0 Å². The molecule has 104 valence electrons. The van der Waals surface area contributed by atoms with Crippen LogP contribution < -0.4 is 5.73 Å². The van der Waals surface area contributed by atoms with Crippen LogP contribution in [0.2, 0.25) is 0 Å². The molecule has 1 aliphatic rings. The van der Waals surface area contributed by atoms with Gasteiger partial charge in [0.05, 0.1) is 12.7 Å². The van der Waals surface area contributed by atoms with Crippen molar-refractivity contribution in [1.29, 1.82) is 0 Å². The Kier molecular flexibility index (Phi) is 3.99. The summed E-state index contributed by atoms with van der Waals surface area (Å²) in [5.74, 6) is 0.945. The Labute approximate surface area is 124 Å². The molecule has 20 heavy (non-hydrogen) atoms. The van der Waals surface area contributed by atoms with Crippen LogP contribution in [0.1, 0.15) is 22.8 Å². The number of rotatable bonds is 3. The maximum atomic E-state index is 5.93. The van der Waals surface area contributed by atoms with E-state index in [1.807, 2.05) is 24.8 Å². The van der Waals surface area contributed by atoms with Gasteiger partial charge in [0.15, 0.2) is 0 Å². The van der Waals surface area contributed by atoms with Crippen molar-refractivity contribution in [3.8, 4) is 0 Å². The van der Waals surface area contributed by atoms with Crippen LogP contribution in [0, 0.1) is 6.92 Å². The summed E-state index contributed by atoms with van der Waals surface area (Å²) in [7, 11) is 0. The van der Waals surface area contributed by atoms with Gasteiger partial charge in [-0.15, -0.1) is 11.8 Å².